The van der Waals surface area contributed by atoms with E-state index in [0.717, 1.165) is 49.7 Å². The standard InChI is InChI=1S/C23H26F3N5O4S/c24-23(25,26)36(33,34)18-3-1-2-14(6-18)11-35-17-9-30(10-17)21(32)31-12-22(13-31)7-16(8-22)20-27-19(28-29-20)15-4-5-15/h1-3,6,15-17H,4-5,7-13H2,(H,27,28,29). The molecule has 0 bridgehead atoms. The van der Waals surface area contributed by atoms with Crippen molar-refractivity contribution < 1.29 is 31.1 Å². The number of urea groups is 1. The summed E-state index contributed by atoms with van der Waals surface area (Å²) in [6, 6.07) is 4.62. The molecule has 0 unspecified atom stereocenters. The molecule has 1 N–H and O–H groups in total. The number of carbonyl (C=O) groups excluding carboxylic acids is 1. The molecular weight excluding hydrogens is 499 g/mol. The molecule has 2 aliphatic carbocycles. The average Bonchev–Trinajstić information content (AvgIpc) is 3.48. The number of nitrogens with zero attached hydrogens (tertiary/aromatic N) is 4. The summed E-state index contributed by atoms with van der Waals surface area (Å²) in [5.41, 5.74) is -4.86. The largest absolute Gasteiger partial charge is 0.501 e. The summed E-state index contributed by atoms with van der Waals surface area (Å²) in [5.74, 6) is 2.82. The molecule has 4 fully saturated rings. The van der Waals surface area contributed by atoms with Gasteiger partial charge in [0.2, 0.25) is 0 Å². The van der Waals surface area contributed by atoms with E-state index in [1.807, 2.05) is 4.90 Å². The Labute approximate surface area is 205 Å². The van der Waals surface area contributed by atoms with E-state index in [1.54, 1.807) is 4.90 Å². The molecule has 9 nitrogen and oxygen atoms in total. The second-order valence-corrected chi connectivity index (χ2v) is 12.5. The summed E-state index contributed by atoms with van der Waals surface area (Å²) in [6.07, 6.45) is 4.11. The zero-order valence-corrected chi connectivity index (χ0v) is 20.2. The van der Waals surface area contributed by atoms with Gasteiger partial charge in [-0.1, -0.05) is 12.1 Å². The first-order valence-electron chi connectivity index (χ1n) is 12.0. The van der Waals surface area contributed by atoms with Crippen LogP contribution >= 0.6 is 0 Å². The Morgan fingerprint density at radius 3 is 2.53 bits per heavy atom. The monoisotopic (exact) mass is 525 g/mol. The lowest BCUT2D eigenvalue weighted by atomic mass is 9.57. The zero-order valence-electron chi connectivity index (χ0n) is 19.4. The molecule has 6 rings (SSSR count). The molecular formula is C23H26F3N5O4S. The number of amides is 2. The lowest BCUT2D eigenvalue weighted by Gasteiger charge is -2.59. The number of sulfone groups is 1. The van der Waals surface area contributed by atoms with Crippen molar-refractivity contribution in [3.8, 4) is 0 Å². The minimum atomic E-state index is -5.40. The molecule has 2 aliphatic heterocycles. The summed E-state index contributed by atoms with van der Waals surface area (Å²) in [4.78, 5) is 20.1. The Kier molecular flexibility index (Phi) is 5.38. The molecule has 1 aromatic carbocycles. The number of alkyl halides is 3. The number of benzene rings is 1. The molecule has 194 valence electrons. The Morgan fingerprint density at radius 2 is 1.86 bits per heavy atom. The molecule has 2 aromatic rings. The van der Waals surface area contributed by atoms with Gasteiger partial charge in [-0.2, -0.15) is 18.3 Å². The van der Waals surface area contributed by atoms with E-state index in [4.69, 9.17) is 4.74 Å². The third-order valence-corrected chi connectivity index (χ3v) is 9.13. The predicted octanol–water partition coefficient (Wildman–Crippen LogP) is 3.18. The van der Waals surface area contributed by atoms with Gasteiger partial charge in [0.1, 0.15) is 5.82 Å². The maximum Gasteiger partial charge on any atom is 0.501 e. The normalized spacial score (nSPS) is 22.3. The molecule has 36 heavy (non-hydrogen) atoms. The van der Waals surface area contributed by atoms with Crippen LogP contribution in [0.4, 0.5) is 18.0 Å². The smallest absolute Gasteiger partial charge is 0.370 e. The quantitative estimate of drug-likeness (QED) is 0.621. The predicted molar refractivity (Wildman–Crippen MR) is 120 cm³/mol. The summed E-state index contributed by atoms with van der Waals surface area (Å²) < 4.78 is 67.2. The highest BCUT2D eigenvalue weighted by Crippen LogP contribution is 2.55. The fourth-order valence-corrected chi connectivity index (χ4v) is 6.22. The molecule has 0 radical (unpaired) electrons. The maximum atomic E-state index is 12.8. The summed E-state index contributed by atoms with van der Waals surface area (Å²) in [7, 11) is -5.40. The minimum absolute atomic E-state index is 0.0314. The maximum absolute atomic E-state index is 12.8. The van der Waals surface area contributed by atoms with Crippen LogP contribution in [-0.2, 0) is 21.2 Å². The highest BCUT2D eigenvalue weighted by molar-refractivity contribution is 7.92. The number of H-pyrrole nitrogens is 1. The van der Waals surface area contributed by atoms with E-state index in [9.17, 15) is 26.4 Å². The first kappa shape index (κ1) is 23.7. The van der Waals surface area contributed by atoms with Crippen LogP contribution in [0.1, 0.15) is 54.7 Å². The molecule has 13 heteroatoms. The number of aromatic nitrogens is 3. The van der Waals surface area contributed by atoms with Crippen LogP contribution in [0.5, 0.6) is 0 Å². The SMILES string of the molecule is O=C(N1CC(OCc2cccc(S(=O)(=O)C(F)(F)F)c2)C1)N1CC2(CC(c3n[nH]c(C4CC4)n3)C2)C1. The third kappa shape index (κ3) is 4.15. The van der Waals surface area contributed by atoms with Crippen molar-refractivity contribution in [1.82, 2.24) is 25.0 Å². The lowest BCUT2D eigenvalue weighted by molar-refractivity contribution is -0.0827. The van der Waals surface area contributed by atoms with Crippen LogP contribution in [0.15, 0.2) is 29.2 Å². The summed E-state index contributed by atoms with van der Waals surface area (Å²) in [5, 5.41) is 7.45. The second-order valence-electron chi connectivity index (χ2n) is 10.5. The topological polar surface area (TPSA) is 108 Å². The van der Waals surface area contributed by atoms with E-state index in [1.165, 1.54) is 25.0 Å². The molecule has 1 spiro atoms. The lowest BCUT2D eigenvalue weighted by Crippen LogP contribution is -2.68. The van der Waals surface area contributed by atoms with E-state index >= 15 is 0 Å². The van der Waals surface area contributed by atoms with Crippen LogP contribution in [0.3, 0.4) is 0 Å². The van der Waals surface area contributed by atoms with Crippen molar-refractivity contribution in [3.63, 3.8) is 0 Å². The Morgan fingerprint density at radius 1 is 1.14 bits per heavy atom. The molecule has 3 heterocycles. The number of halogens is 3. The number of ether oxygens (including phenoxy) is 1. The molecule has 1 aromatic heterocycles. The van der Waals surface area contributed by atoms with Crippen LogP contribution in [0.25, 0.3) is 0 Å². The highest BCUT2D eigenvalue weighted by atomic mass is 32.2. The zero-order chi connectivity index (χ0) is 25.3. The number of nitrogens with one attached hydrogen (secondary N) is 1. The van der Waals surface area contributed by atoms with Crippen molar-refractivity contribution in [2.75, 3.05) is 26.2 Å². The van der Waals surface area contributed by atoms with E-state index < -0.39 is 20.2 Å². The Balaban J connectivity index is 0.932. The van der Waals surface area contributed by atoms with E-state index in [0.29, 0.717) is 30.5 Å². The van der Waals surface area contributed by atoms with Crippen molar-refractivity contribution in [2.24, 2.45) is 5.41 Å². The van der Waals surface area contributed by atoms with Gasteiger partial charge in [0, 0.05) is 30.3 Å². The summed E-state index contributed by atoms with van der Waals surface area (Å²) in [6.45, 7) is 2.21. The van der Waals surface area contributed by atoms with Gasteiger partial charge in [0.15, 0.2) is 5.82 Å². The number of hydrogen-bond donors (Lipinski definition) is 1. The fraction of sp³-hybridized carbons (Fsp3) is 0.609. The van der Waals surface area contributed by atoms with Gasteiger partial charge < -0.3 is 14.5 Å². The van der Waals surface area contributed by atoms with Crippen LogP contribution in [0.2, 0.25) is 0 Å². The van der Waals surface area contributed by atoms with Crippen molar-refractivity contribution >= 4 is 15.9 Å². The number of hydrogen-bond acceptors (Lipinski definition) is 6. The van der Waals surface area contributed by atoms with Gasteiger partial charge in [0.05, 0.1) is 30.7 Å². The average molecular weight is 526 g/mol. The number of aromatic amines is 1. The Bertz CT molecular complexity index is 1270. The van der Waals surface area contributed by atoms with Crippen molar-refractivity contribution in [2.45, 2.75) is 60.6 Å². The number of rotatable bonds is 6. The molecule has 4 aliphatic rings. The van der Waals surface area contributed by atoms with Crippen LogP contribution < -0.4 is 0 Å². The van der Waals surface area contributed by atoms with Gasteiger partial charge in [-0.05, 0) is 43.4 Å². The molecule has 2 amide bonds. The summed E-state index contributed by atoms with van der Waals surface area (Å²) >= 11 is 0. The Hall–Kier alpha value is -2.67. The van der Waals surface area contributed by atoms with Crippen molar-refractivity contribution in [1.29, 1.82) is 0 Å². The molecule has 0 atom stereocenters. The van der Waals surface area contributed by atoms with E-state index in [-0.39, 0.29) is 24.2 Å². The fourth-order valence-electron chi connectivity index (χ4n) is 5.38. The van der Waals surface area contributed by atoms with Crippen molar-refractivity contribution in [3.05, 3.63) is 41.5 Å². The van der Waals surface area contributed by atoms with E-state index in [2.05, 4.69) is 15.2 Å². The van der Waals surface area contributed by atoms with Gasteiger partial charge in [-0.25, -0.2) is 18.2 Å². The van der Waals surface area contributed by atoms with Gasteiger partial charge >= 0.3 is 11.5 Å². The van der Waals surface area contributed by atoms with Gasteiger partial charge in [0.25, 0.3) is 9.84 Å². The van der Waals surface area contributed by atoms with Crippen LogP contribution in [0, 0.1) is 5.41 Å². The third-order valence-electron chi connectivity index (χ3n) is 7.65. The van der Waals surface area contributed by atoms with Gasteiger partial charge in [-0.15, -0.1) is 0 Å². The number of likely N-dealkylation sites (tertiary alicyclic amines) is 2. The second kappa shape index (κ2) is 8.17. The highest BCUT2D eigenvalue weighted by Gasteiger charge is 2.56. The minimum Gasteiger partial charge on any atom is -0.370 e. The molecule has 2 saturated heterocycles. The first-order chi connectivity index (χ1) is 17.0. The molecule has 2 saturated carbocycles. The first-order valence-corrected chi connectivity index (χ1v) is 13.5. The van der Waals surface area contributed by atoms with Gasteiger partial charge in [-0.3, -0.25) is 5.10 Å². The van der Waals surface area contributed by atoms with Crippen LogP contribution in [-0.4, -0.2) is 77.2 Å². The number of carbonyl (C=O) groups is 1.